The molecule has 0 aromatic heterocycles. The second-order valence-corrected chi connectivity index (χ2v) is 7.01. The van der Waals surface area contributed by atoms with E-state index in [4.69, 9.17) is 22.3 Å². The van der Waals surface area contributed by atoms with E-state index in [1.807, 2.05) is 0 Å². The lowest BCUT2D eigenvalue weighted by atomic mass is 10.1. The molecule has 0 aliphatic rings. The molecule has 0 radical (unpaired) electrons. The van der Waals surface area contributed by atoms with E-state index in [1.54, 1.807) is 0 Å². The normalized spacial score (nSPS) is 13.3. The Balaban J connectivity index is 5.40. The molecule has 0 fully saturated rings. The summed E-state index contributed by atoms with van der Waals surface area (Å²) in [5.74, 6) is -5.77. The van der Waals surface area contributed by atoms with Crippen LogP contribution in [0.4, 0.5) is 0 Å². The topological polar surface area (TPSA) is 257 Å². The zero-order chi connectivity index (χ0) is 24.7. The number of nitrogens with one attached hydrogen (secondary N) is 3. The average molecular weight is 460 g/mol. The molecule has 14 heteroatoms. The van der Waals surface area contributed by atoms with Crippen molar-refractivity contribution in [1.82, 2.24) is 16.0 Å². The van der Waals surface area contributed by atoms with Gasteiger partial charge in [0, 0.05) is 12.8 Å². The Morgan fingerprint density at radius 2 is 1.25 bits per heavy atom. The van der Waals surface area contributed by atoms with Crippen molar-refractivity contribution in [3.05, 3.63) is 0 Å². The van der Waals surface area contributed by atoms with E-state index in [-0.39, 0.29) is 32.2 Å². The summed E-state index contributed by atoms with van der Waals surface area (Å²) in [5, 5.41) is 25.1. The molecule has 14 nitrogen and oxygen atoms in total. The molecule has 0 aromatic carbocycles. The van der Waals surface area contributed by atoms with Gasteiger partial charge in [0.2, 0.25) is 23.6 Å². The van der Waals surface area contributed by atoms with Crippen LogP contribution in [-0.2, 0) is 28.8 Å². The third-order valence-electron chi connectivity index (χ3n) is 4.36. The van der Waals surface area contributed by atoms with Crippen molar-refractivity contribution in [2.75, 3.05) is 13.1 Å². The van der Waals surface area contributed by atoms with Crippen LogP contribution in [0.25, 0.3) is 0 Å². The molecule has 0 heterocycles. The zero-order valence-corrected chi connectivity index (χ0v) is 17.7. The summed E-state index contributed by atoms with van der Waals surface area (Å²) in [7, 11) is 0. The predicted octanol–water partition coefficient (Wildman–Crippen LogP) is -3.26. The van der Waals surface area contributed by atoms with E-state index in [9.17, 15) is 33.9 Å². The van der Waals surface area contributed by atoms with E-state index < -0.39 is 60.1 Å². The highest BCUT2D eigenvalue weighted by Gasteiger charge is 2.29. The molecule has 0 saturated carbocycles. The monoisotopic (exact) mass is 460 g/mol. The first-order chi connectivity index (χ1) is 15.0. The van der Waals surface area contributed by atoms with Crippen LogP contribution in [0, 0.1) is 0 Å². The van der Waals surface area contributed by atoms with E-state index in [0.29, 0.717) is 19.4 Å². The molecule has 3 atom stereocenters. The highest BCUT2D eigenvalue weighted by molar-refractivity contribution is 5.93. The van der Waals surface area contributed by atoms with Crippen LogP contribution in [0.15, 0.2) is 0 Å². The zero-order valence-electron chi connectivity index (χ0n) is 17.7. The summed E-state index contributed by atoms with van der Waals surface area (Å²) in [5.41, 5.74) is 15.7. The van der Waals surface area contributed by atoms with Gasteiger partial charge in [0.1, 0.15) is 18.1 Å². The second-order valence-electron chi connectivity index (χ2n) is 7.01. The summed E-state index contributed by atoms with van der Waals surface area (Å²) in [6.45, 7) is -0.00551. The number of rotatable bonds is 17. The lowest BCUT2D eigenvalue weighted by Gasteiger charge is -2.24. The van der Waals surface area contributed by atoms with Crippen molar-refractivity contribution >= 4 is 35.6 Å². The molecule has 0 rings (SSSR count). The van der Waals surface area contributed by atoms with Gasteiger partial charge < -0.3 is 43.4 Å². The van der Waals surface area contributed by atoms with Gasteiger partial charge in [-0.15, -0.1) is 0 Å². The SMILES string of the molecule is NCCCCC(NC(=O)CN)C(=O)NC(CCC(=O)O)C(=O)NC(CCC(N)=O)C(=O)O. The summed E-state index contributed by atoms with van der Waals surface area (Å²) in [6.07, 6.45) is -0.175. The van der Waals surface area contributed by atoms with E-state index in [2.05, 4.69) is 16.0 Å². The Labute approximate surface area is 184 Å². The minimum Gasteiger partial charge on any atom is -0.481 e. The first-order valence-electron chi connectivity index (χ1n) is 10.0. The van der Waals surface area contributed by atoms with Crippen molar-refractivity contribution in [2.45, 2.75) is 63.1 Å². The number of carbonyl (C=O) groups excluding carboxylic acids is 4. The molecule has 0 aliphatic carbocycles. The maximum atomic E-state index is 12.7. The Morgan fingerprint density at radius 1 is 0.719 bits per heavy atom. The fourth-order valence-electron chi connectivity index (χ4n) is 2.64. The first-order valence-corrected chi connectivity index (χ1v) is 10.0. The third kappa shape index (κ3) is 12.4. The Bertz CT molecular complexity index is 686. The Kier molecular flexibility index (Phi) is 13.9. The third-order valence-corrected chi connectivity index (χ3v) is 4.36. The maximum Gasteiger partial charge on any atom is 0.326 e. The van der Waals surface area contributed by atoms with Crippen LogP contribution in [0.1, 0.15) is 44.9 Å². The highest BCUT2D eigenvalue weighted by Crippen LogP contribution is 2.06. The van der Waals surface area contributed by atoms with Crippen LogP contribution in [0.3, 0.4) is 0 Å². The van der Waals surface area contributed by atoms with Crippen LogP contribution in [-0.4, -0.2) is 77.0 Å². The summed E-state index contributed by atoms with van der Waals surface area (Å²) in [4.78, 5) is 70.1. The van der Waals surface area contributed by atoms with Crippen LogP contribution in [0.5, 0.6) is 0 Å². The van der Waals surface area contributed by atoms with Gasteiger partial charge in [-0.05, 0) is 38.6 Å². The van der Waals surface area contributed by atoms with Gasteiger partial charge in [0.05, 0.1) is 6.54 Å². The standard InChI is InChI=1S/C18H32N6O8/c19-8-2-1-3-10(22-14(26)9-20)16(29)23-11(5-7-15(27)28)17(30)24-12(18(31)32)4-6-13(21)25/h10-12H,1-9,19-20H2,(H2,21,25)(H,22,26)(H,23,29)(H,24,30)(H,27,28)(H,31,32). The van der Waals surface area contributed by atoms with Gasteiger partial charge >= 0.3 is 11.9 Å². The molecule has 4 amide bonds. The van der Waals surface area contributed by atoms with Crippen LogP contribution >= 0.6 is 0 Å². The molecular formula is C18H32N6O8. The first kappa shape index (κ1) is 28.7. The van der Waals surface area contributed by atoms with Crippen molar-refractivity contribution in [2.24, 2.45) is 17.2 Å². The Hall–Kier alpha value is -3.26. The number of unbranched alkanes of at least 4 members (excludes halogenated alkanes) is 1. The van der Waals surface area contributed by atoms with Gasteiger partial charge in [0.25, 0.3) is 0 Å². The largest absolute Gasteiger partial charge is 0.481 e. The number of carboxylic acid groups (broad SMARTS) is 2. The molecule has 11 N–H and O–H groups in total. The molecule has 0 saturated heterocycles. The van der Waals surface area contributed by atoms with Crippen molar-refractivity contribution in [1.29, 1.82) is 0 Å². The number of nitrogens with two attached hydrogens (primary N) is 3. The molecule has 0 spiro atoms. The molecule has 182 valence electrons. The van der Waals surface area contributed by atoms with Gasteiger partial charge in [-0.3, -0.25) is 24.0 Å². The quantitative estimate of drug-likeness (QED) is 0.100. The van der Waals surface area contributed by atoms with Crippen molar-refractivity contribution in [3.8, 4) is 0 Å². The number of aliphatic carboxylic acids is 2. The van der Waals surface area contributed by atoms with Gasteiger partial charge in [-0.25, -0.2) is 4.79 Å². The van der Waals surface area contributed by atoms with E-state index in [1.165, 1.54) is 0 Å². The summed E-state index contributed by atoms with van der Waals surface area (Å²) >= 11 is 0. The molecule has 0 aromatic rings. The molecular weight excluding hydrogens is 428 g/mol. The molecule has 0 bridgehead atoms. The Morgan fingerprint density at radius 3 is 1.72 bits per heavy atom. The van der Waals surface area contributed by atoms with Crippen LogP contribution in [0.2, 0.25) is 0 Å². The highest BCUT2D eigenvalue weighted by atomic mass is 16.4. The minimum atomic E-state index is -1.48. The molecule has 0 aliphatic heterocycles. The summed E-state index contributed by atoms with van der Waals surface area (Å²) < 4.78 is 0. The van der Waals surface area contributed by atoms with Gasteiger partial charge in [-0.2, -0.15) is 0 Å². The molecule has 3 unspecified atom stereocenters. The van der Waals surface area contributed by atoms with E-state index in [0.717, 1.165) is 0 Å². The number of carbonyl (C=O) groups is 6. The number of hydrogen-bond acceptors (Lipinski definition) is 8. The second kappa shape index (κ2) is 15.5. The number of primary amides is 1. The van der Waals surface area contributed by atoms with Gasteiger partial charge in [0.15, 0.2) is 0 Å². The number of carboxylic acids is 2. The fourth-order valence-corrected chi connectivity index (χ4v) is 2.64. The van der Waals surface area contributed by atoms with Gasteiger partial charge in [-0.1, -0.05) is 0 Å². The van der Waals surface area contributed by atoms with E-state index >= 15 is 0 Å². The van der Waals surface area contributed by atoms with Crippen molar-refractivity contribution in [3.63, 3.8) is 0 Å². The molecule has 32 heavy (non-hydrogen) atoms. The number of amides is 4. The minimum absolute atomic E-state index is 0.193. The maximum absolute atomic E-state index is 12.7. The predicted molar refractivity (Wildman–Crippen MR) is 111 cm³/mol. The lowest BCUT2D eigenvalue weighted by molar-refractivity contribution is -0.143. The van der Waals surface area contributed by atoms with Crippen molar-refractivity contribution < 1.29 is 39.0 Å². The fraction of sp³-hybridized carbons (Fsp3) is 0.667. The van der Waals surface area contributed by atoms with Crippen LogP contribution < -0.4 is 33.2 Å². The summed E-state index contributed by atoms with van der Waals surface area (Å²) in [6, 6.07) is -3.93. The lowest BCUT2D eigenvalue weighted by Crippen LogP contribution is -2.56. The average Bonchev–Trinajstić information content (AvgIpc) is 2.72. The smallest absolute Gasteiger partial charge is 0.326 e. The number of hydrogen-bond donors (Lipinski definition) is 8.